The van der Waals surface area contributed by atoms with Crippen molar-refractivity contribution in [2.75, 3.05) is 6.61 Å². The Labute approximate surface area is 219 Å². The second-order valence-electron chi connectivity index (χ2n) is 9.48. The maximum atomic E-state index is 5.83. The molecule has 2 aromatic heterocycles. The van der Waals surface area contributed by atoms with Gasteiger partial charge in [0, 0.05) is 23.7 Å². The molecule has 5 heteroatoms. The van der Waals surface area contributed by atoms with E-state index in [0.717, 1.165) is 35.0 Å². The van der Waals surface area contributed by atoms with E-state index in [1.54, 1.807) is 0 Å². The molecule has 0 radical (unpaired) electrons. The maximum Gasteiger partial charge on any atom is 0.147 e. The van der Waals surface area contributed by atoms with Crippen molar-refractivity contribution in [3.8, 4) is 0 Å². The first kappa shape index (κ1) is 29.0. The van der Waals surface area contributed by atoms with E-state index in [4.69, 9.17) is 9.73 Å². The molecule has 0 bridgehead atoms. The molecule has 1 aliphatic rings. The van der Waals surface area contributed by atoms with Gasteiger partial charge in [0.2, 0.25) is 0 Å². The Morgan fingerprint density at radius 3 is 2.09 bits per heavy atom. The van der Waals surface area contributed by atoms with Crippen molar-refractivity contribution >= 4 is 24.2 Å². The van der Waals surface area contributed by atoms with Crippen LogP contribution in [0.1, 0.15) is 114 Å². The molecule has 0 amide bonds. The third-order valence-electron chi connectivity index (χ3n) is 6.55. The van der Waals surface area contributed by atoms with Gasteiger partial charge in [0.25, 0.3) is 0 Å². The number of unbranched alkanes of at least 4 members (excludes halogenated alkanes) is 12. The van der Waals surface area contributed by atoms with E-state index in [2.05, 4.69) is 35.1 Å². The number of H-pyrrole nitrogens is 2. The van der Waals surface area contributed by atoms with Crippen LogP contribution in [0, 0.1) is 0 Å². The van der Waals surface area contributed by atoms with E-state index in [9.17, 15) is 0 Å². The predicted octanol–water partition coefficient (Wildman–Crippen LogP) is 9.16. The molecule has 0 unspecified atom stereocenters. The third kappa shape index (κ3) is 10.5. The number of nitrogens with one attached hydrogen (secondary N) is 2. The van der Waals surface area contributed by atoms with Crippen LogP contribution in [0.2, 0.25) is 0 Å². The van der Waals surface area contributed by atoms with E-state index in [0.29, 0.717) is 6.61 Å². The van der Waals surface area contributed by atoms with E-state index in [1.165, 1.54) is 89.2 Å². The van der Waals surface area contributed by atoms with Crippen LogP contribution in [0.25, 0.3) is 6.08 Å². The van der Waals surface area contributed by atoms with Crippen LogP contribution in [-0.4, -0.2) is 22.3 Å². The van der Waals surface area contributed by atoms with Crippen LogP contribution in [-0.2, 0) is 11.2 Å². The molecule has 194 valence electrons. The molecule has 0 saturated carbocycles. The Morgan fingerprint density at radius 2 is 1.49 bits per heavy atom. The third-order valence-corrected chi connectivity index (χ3v) is 6.55. The molecular formula is C30H46ClN3O. The quantitative estimate of drug-likeness (QED) is 0.197. The molecule has 2 aromatic rings. The van der Waals surface area contributed by atoms with E-state index in [1.807, 2.05) is 31.3 Å². The van der Waals surface area contributed by atoms with Gasteiger partial charge in [0.15, 0.2) is 0 Å². The molecule has 0 saturated heterocycles. The summed E-state index contributed by atoms with van der Waals surface area (Å²) in [6, 6.07) is 8.38. The normalized spacial score (nSPS) is 14.2. The van der Waals surface area contributed by atoms with Crippen LogP contribution in [0.15, 0.2) is 53.0 Å². The summed E-state index contributed by atoms with van der Waals surface area (Å²) < 4.78 is 5.83. The fourth-order valence-electron chi connectivity index (χ4n) is 4.59. The first-order valence-electron chi connectivity index (χ1n) is 13.8. The van der Waals surface area contributed by atoms with Crippen molar-refractivity contribution in [3.05, 3.63) is 65.1 Å². The summed E-state index contributed by atoms with van der Waals surface area (Å²) in [5.41, 5.74) is 5.19. The summed E-state index contributed by atoms with van der Waals surface area (Å²) >= 11 is 0. The molecule has 0 aromatic carbocycles. The number of nitrogens with zero attached hydrogens (tertiary/aromatic N) is 1. The van der Waals surface area contributed by atoms with Crippen molar-refractivity contribution in [2.24, 2.45) is 4.99 Å². The minimum Gasteiger partial charge on any atom is -0.492 e. The Kier molecular flexibility index (Phi) is 14.3. The van der Waals surface area contributed by atoms with Crippen molar-refractivity contribution < 1.29 is 4.74 Å². The number of ether oxygens (including phenoxy) is 1. The summed E-state index contributed by atoms with van der Waals surface area (Å²) in [7, 11) is 0. The van der Waals surface area contributed by atoms with Crippen LogP contribution >= 0.6 is 12.4 Å². The SMILES string of the molecule is CCCCCCCCCCCCCCCc1ccc(C=C2N=C(c3ccc[nH]3)C=C2OCC)[nH]1.Cl. The van der Waals surface area contributed by atoms with Gasteiger partial charge in [0.1, 0.15) is 11.5 Å². The molecule has 3 rings (SSSR count). The highest BCUT2D eigenvalue weighted by molar-refractivity contribution is 6.11. The average molecular weight is 500 g/mol. The standard InChI is InChI=1S/C30H45N3O.ClH/c1-3-5-6-7-8-9-10-11-12-13-14-15-16-18-25-20-21-26(32-25)23-29-30(34-4-2)24-28(33-29)27-19-17-22-31-27;/h17,19-24,31-32H,3-16,18H2,1-2H3;1H. The zero-order valence-corrected chi connectivity index (χ0v) is 22.7. The maximum absolute atomic E-state index is 5.83. The number of rotatable bonds is 18. The number of allylic oxidation sites excluding steroid dienone is 1. The number of aryl methyl sites for hydroxylation is 1. The number of hydrogen-bond acceptors (Lipinski definition) is 2. The Morgan fingerprint density at radius 1 is 0.829 bits per heavy atom. The van der Waals surface area contributed by atoms with Crippen LogP contribution in [0.5, 0.6) is 0 Å². The molecule has 0 aliphatic carbocycles. The minimum atomic E-state index is 0. The lowest BCUT2D eigenvalue weighted by Gasteiger charge is -2.04. The molecule has 4 nitrogen and oxygen atoms in total. The van der Waals surface area contributed by atoms with Crippen molar-refractivity contribution in [2.45, 2.75) is 104 Å². The highest BCUT2D eigenvalue weighted by atomic mass is 35.5. The second-order valence-corrected chi connectivity index (χ2v) is 9.48. The number of aromatic nitrogens is 2. The van der Waals surface area contributed by atoms with E-state index < -0.39 is 0 Å². The van der Waals surface area contributed by atoms with Gasteiger partial charge in [-0.3, -0.25) is 0 Å². The molecule has 3 heterocycles. The van der Waals surface area contributed by atoms with Gasteiger partial charge in [-0.25, -0.2) is 4.99 Å². The van der Waals surface area contributed by atoms with Gasteiger partial charge in [-0.2, -0.15) is 0 Å². The first-order valence-corrected chi connectivity index (χ1v) is 13.8. The Hall–Kier alpha value is -2.20. The van der Waals surface area contributed by atoms with Gasteiger partial charge in [-0.15, -0.1) is 12.4 Å². The number of halogens is 1. The Balaban J connectivity index is 0.00000432. The minimum absolute atomic E-state index is 0. The predicted molar refractivity (Wildman–Crippen MR) is 152 cm³/mol. The molecule has 0 spiro atoms. The lowest BCUT2D eigenvalue weighted by Crippen LogP contribution is -1.94. The summed E-state index contributed by atoms with van der Waals surface area (Å²) in [4.78, 5) is 11.6. The van der Waals surface area contributed by atoms with Crippen molar-refractivity contribution in [3.63, 3.8) is 0 Å². The van der Waals surface area contributed by atoms with Gasteiger partial charge in [-0.05, 0) is 50.1 Å². The summed E-state index contributed by atoms with van der Waals surface area (Å²) in [6.07, 6.45) is 25.3. The number of aromatic amines is 2. The smallest absolute Gasteiger partial charge is 0.147 e. The number of hydrogen-bond donors (Lipinski definition) is 2. The molecule has 0 atom stereocenters. The fourth-order valence-corrected chi connectivity index (χ4v) is 4.59. The van der Waals surface area contributed by atoms with Gasteiger partial charge in [-0.1, -0.05) is 84.0 Å². The summed E-state index contributed by atoms with van der Waals surface area (Å²) in [6.45, 7) is 4.93. The van der Waals surface area contributed by atoms with Gasteiger partial charge in [0.05, 0.1) is 18.0 Å². The van der Waals surface area contributed by atoms with Crippen molar-refractivity contribution in [1.29, 1.82) is 0 Å². The lowest BCUT2D eigenvalue weighted by molar-refractivity contribution is 0.239. The fraction of sp³-hybridized carbons (Fsp3) is 0.567. The van der Waals surface area contributed by atoms with Crippen LogP contribution < -0.4 is 0 Å². The van der Waals surface area contributed by atoms with E-state index in [-0.39, 0.29) is 12.4 Å². The zero-order valence-electron chi connectivity index (χ0n) is 21.9. The highest BCUT2D eigenvalue weighted by Gasteiger charge is 2.17. The Bertz CT molecular complexity index is 908. The van der Waals surface area contributed by atoms with Crippen molar-refractivity contribution in [1.82, 2.24) is 9.97 Å². The van der Waals surface area contributed by atoms with E-state index >= 15 is 0 Å². The molecule has 1 aliphatic heterocycles. The van der Waals surface area contributed by atoms with Crippen LogP contribution in [0.3, 0.4) is 0 Å². The zero-order chi connectivity index (χ0) is 23.8. The lowest BCUT2D eigenvalue weighted by atomic mass is 10.0. The molecule has 0 fully saturated rings. The first-order chi connectivity index (χ1) is 16.8. The van der Waals surface area contributed by atoms with Gasteiger partial charge >= 0.3 is 0 Å². The second kappa shape index (κ2) is 17.3. The highest BCUT2D eigenvalue weighted by Crippen LogP contribution is 2.25. The summed E-state index contributed by atoms with van der Waals surface area (Å²) in [5.74, 6) is 0.833. The monoisotopic (exact) mass is 499 g/mol. The molecular weight excluding hydrogens is 454 g/mol. The number of aliphatic imine (C=N–C) groups is 1. The van der Waals surface area contributed by atoms with Crippen LogP contribution in [0.4, 0.5) is 0 Å². The van der Waals surface area contributed by atoms with Gasteiger partial charge < -0.3 is 14.7 Å². The molecule has 35 heavy (non-hydrogen) atoms. The molecule has 2 N–H and O–H groups in total. The average Bonchev–Trinajstić information content (AvgIpc) is 3.60. The topological polar surface area (TPSA) is 53.2 Å². The summed E-state index contributed by atoms with van der Waals surface area (Å²) in [5, 5.41) is 0. The largest absolute Gasteiger partial charge is 0.492 e.